The molecule has 3 aromatic rings. The molecule has 1 aromatic carbocycles. The maximum atomic E-state index is 12.2. The molecule has 6 nitrogen and oxygen atoms in total. The molecular weight excluding hydrogens is 338 g/mol. The molecule has 2 atom stereocenters. The zero-order valence-electron chi connectivity index (χ0n) is 14.9. The van der Waals surface area contributed by atoms with Gasteiger partial charge in [0.1, 0.15) is 5.82 Å². The molecule has 2 heterocycles. The van der Waals surface area contributed by atoms with E-state index >= 15 is 0 Å². The van der Waals surface area contributed by atoms with E-state index in [1.54, 1.807) is 12.4 Å². The minimum atomic E-state index is -0.230. The van der Waals surface area contributed by atoms with Gasteiger partial charge in [-0.2, -0.15) is 5.26 Å². The highest BCUT2D eigenvalue weighted by Gasteiger charge is 2.43. The molecule has 0 unspecified atom stereocenters. The summed E-state index contributed by atoms with van der Waals surface area (Å²) < 4.78 is 0. The number of hydrogen-bond acceptors (Lipinski definition) is 5. The van der Waals surface area contributed by atoms with Crippen molar-refractivity contribution in [3.05, 3.63) is 48.4 Å². The molecule has 134 valence electrons. The van der Waals surface area contributed by atoms with Crippen LogP contribution < -0.4 is 11.1 Å². The quantitative estimate of drug-likeness (QED) is 0.695. The highest BCUT2D eigenvalue weighted by Crippen LogP contribution is 2.38. The number of nitrogen functional groups attached to an aromatic ring is 1. The Bertz CT molecular complexity index is 1090. The van der Waals surface area contributed by atoms with E-state index in [1.165, 1.54) is 5.56 Å². The van der Waals surface area contributed by atoms with Crippen LogP contribution in [0.25, 0.3) is 21.9 Å². The van der Waals surface area contributed by atoms with E-state index < -0.39 is 0 Å². The fraction of sp³-hybridized carbons (Fsp3) is 0.238. The van der Waals surface area contributed by atoms with Gasteiger partial charge in [-0.15, -0.1) is 0 Å². The minimum absolute atomic E-state index is 0.155. The Kier molecular flexibility index (Phi) is 4.21. The number of aromatic nitrogens is 2. The van der Waals surface area contributed by atoms with Crippen LogP contribution in [0, 0.1) is 23.2 Å². The zero-order chi connectivity index (χ0) is 19.0. The fourth-order valence-electron chi connectivity index (χ4n) is 3.35. The number of aryl methyl sites for hydroxylation is 1. The lowest BCUT2D eigenvalue weighted by Crippen LogP contribution is -2.15. The summed E-state index contributed by atoms with van der Waals surface area (Å²) in [6.45, 7) is 2.10. The van der Waals surface area contributed by atoms with E-state index in [4.69, 9.17) is 11.0 Å². The number of amides is 1. The summed E-state index contributed by atoms with van der Waals surface area (Å²) in [7, 11) is 0. The number of carbonyl (C=O) groups excluding carboxylic acids is 1. The standard InChI is InChI=1S/C21H19N5O/c1-2-12-3-4-24-10-17(12)13-5-14-8-20(25-11-18(14)19(23)7-13)26-21(27)16-6-15(16)9-22/h3-5,7-8,10-11,15-16H,2,6,23H2,1H3,(H,25,26,27)/t15-,16+/m0/s1. The number of carbonyl (C=O) groups is 1. The van der Waals surface area contributed by atoms with E-state index in [0.29, 0.717) is 17.9 Å². The van der Waals surface area contributed by atoms with Crippen molar-refractivity contribution in [3.63, 3.8) is 0 Å². The summed E-state index contributed by atoms with van der Waals surface area (Å²) in [5.74, 6) is -0.0928. The summed E-state index contributed by atoms with van der Waals surface area (Å²) in [5, 5.41) is 13.4. The third-order valence-corrected chi connectivity index (χ3v) is 5.02. The van der Waals surface area contributed by atoms with Crippen molar-refractivity contribution in [3.8, 4) is 17.2 Å². The lowest BCUT2D eigenvalue weighted by molar-refractivity contribution is -0.117. The van der Waals surface area contributed by atoms with E-state index in [9.17, 15) is 4.79 Å². The minimum Gasteiger partial charge on any atom is -0.398 e. The number of hydrogen-bond donors (Lipinski definition) is 2. The average Bonchev–Trinajstić information content (AvgIpc) is 3.47. The molecule has 1 aliphatic rings. The molecule has 0 radical (unpaired) electrons. The first kappa shape index (κ1) is 17.0. The normalized spacial score (nSPS) is 18.1. The van der Waals surface area contributed by atoms with Crippen LogP contribution in [0.4, 0.5) is 11.5 Å². The average molecular weight is 357 g/mol. The third kappa shape index (κ3) is 3.20. The van der Waals surface area contributed by atoms with E-state index in [1.807, 2.05) is 30.5 Å². The third-order valence-electron chi connectivity index (χ3n) is 5.02. The number of nitrogens with two attached hydrogens (primary N) is 1. The molecule has 1 amide bonds. The van der Waals surface area contributed by atoms with Crippen molar-refractivity contribution in [2.24, 2.45) is 11.8 Å². The van der Waals surface area contributed by atoms with Crippen LogP contribution in [0.2, 0.25) is 0 Å². The smallest absolute Gasteiger partial charge is 0.230 e. The van der Waals surface area contributed by atoms with Gasteiger partial charge in [-0.1, -0.05) is 6.92 Å². The molecule has 2 aromatic heterocycles. The molecule has 1 aliphatic carbocycles. The van der Waals surface area contributed by atoms with Gasteiger partial charge >= 0.3 is 0 Å². The molecule has 0 saturated heterocycles. The van der Waals surface area contributed by atoms with Crippen molar-refractivity contribution >= 4 is 28.2 Å². The van der Waals surface area contributed by atoms with Gasteiger partial charge in [0.05, 0.1) is 17.9 Å². The predicted octanol–water partition coefficient (Wildman–Crippen LogP) is 3.54. The number of pyridine rings is 2. The molecule has 6 heteroatoms. The monoisotopic (exact) mass is 357 g/mol. The summed E-state index contributed by atoms with van der Waals surface area (Å²) in [6, 6.07) is 9.92. The Balaban J connectivity index is 1.70. The first-order valence-corrected chi connectivity index (χ1v) is 8.93. The van der Waals surface area contributed by atoms with Crippen molar-refractivity contribution in [2.75, 3.05) is 11.1 Å². The van der Waals surface area contributed by atoms with Gasteiger partial charge in [-0.3, -0.25) is 9.78 Å². The van der Waals surface area contributed by atoms with Crippen LogP contribution in [0.15, 0.2) is 42.9 Å². The Morgan fingerprint density at radius 3 is 2.96 bits per heavy atom. The van der Waals surface area contributed by atoms with Crippen LogP contribution >= 0.6 is 0 Å². The Hall–Kier alpha value is -3.46. The van der Waals surface area contributed by atoms with Crippen molar-refractivity contribution in [1.29, 1.82) is 5.26 Å². The largest absolute Gasteiger partial charge is 0.398 e. The first-order valence-electron chi connectivity index (χ1n) is 8.93. The molecule has 0 bridgehead atoms. The van der Waals surface area contributed by atoms with Crippen LogP contribution in [0.3, 0.4) is 0 Å². The fourth-order valence-corrected chi connectivity index (χ4v) is 3.35. The number of nitriles is 1. The Labute approximate surface area is 157 Å². The summed E-state index contributed by atoms with van der Waals surface area (Å²) in [5.41, 5.74) is 10.1. The number of nitrogens with zero attached hydrogens (tertiary/aromatic N) is 3. The Morgan fingerprint density at radius 2 is 2.22 bits per heavy atom. The number of rotatable bonds is 4. The molecule has 4 rings (SSSR count). The second-order valence-electron chi connectivity index (χ2n) is 6.81. The van der Waals surface area contributed by atoms with Crippen molar-refractivity contribution < 1.29 is 4.79 Å². The lowest BCUT2D eigenvalue weighted by Gasteiger charge is -2.11. The van der Waals surface area contributed by atoms with Crippen LogP contribution in [-0.2, 0) is 11.2 Å². The van der Waals surface area contributed by atoms with Crippen LogP contribution in [-0.4, -0.2) is 15.9 Å². The number of fused-ring (bicyclic) bond motifs is 1. The molecule has 1 fully saturated rings. The molecule has 27 heavy (non-hydrogen) atoms. The first-order chi connectivity index (χ1) is 13.1. The summed E-state index contributed by atoms with van der Waals surface area (Å²) in [6.07, 6.45) is 6.82. The molecule has 1 saturated carbocycles. The van der Waals surface area contributed by atoms with Gasteiger partial charge in [-0.05, 0) is 53.6 Å². The van der Waals surface area contributed by atoms with Crippen molar-refractivity contribution in [2.45, 2.75) is 19.8 Å². The maximum absolute atomic E-state index is 12.2. The second kappa shape index (κ2) is 6.69. The maximum Gasteiger partial charge on any atom is 0.230 e. The Morgan fingerprint density at radius 1 is 1.37 bits per heavy atom. The van der Waals surface area contributed by atoms with Crippen molar-refractivity contribution in [1.82, 2.24) is 9.97 Å². The molecule has 0 aliphatic heterocycles. The molecular formula is C21H19N5O. The predicted molar refractivity (Wildman–Crippen MR) is 105 cm³/mol. The van der Waals surface area contributed by atoms with E-state index in [2.05, 4.69) is 28.3 Å². The summed E-state index contributed by atoms with van der Waals surface area (Å²) in [4.78, 5) is 20.7. The van der Waals surface area contributed by atoms with Gasteiger partial charge < -0.3 is 11.1 Å². The zero-order valence-corrected chi connectivity index (χ0v) is 14.9. The van der Waals surface area contributed by atoms with Crippen LogP contribution in [0.5, 0.6) is 0 Å². The van der Waals surface area contributed by atoms with Crippen LogP contribution in [0.1, 0.15) is 18.9 Å². The van der Waals surface area contributed by atoms with Gasteiger partial charge in [0.15, 0.2) is 0 Å². The van der Waals surface area contributed by atoms with E-state index in [0.717, 1.165) is 28.3 Å². The highest BCUT2D eigenvalue weighted by molar-refractivity contribution is 6.00. The second-order valence-corrected chi connectivity index (χ2v) is 6.81. The SMILES string of the molecule is CCc1ccncc1-c1cc(N)c2cnc(NC(=O)[C@@H]3C[C@H]3C#N)cc2c1. The highest BCUT2D eigenvalue weighted by atomic mass is 16.2. The summed E-state index contributed by atoms with van der Waals surface area (Å²) >= 11 is 0. The number of benzene rings is 1. The number of anilines is 2. The van der Waals surface area contributed by atoms with Gasteiger partial charge in [0, 0.05) is 35.2 Å². The van der Waals surface area contributed by atoms with Gasteiger partial charge in [0.25, 0.3) is 0 Å². The molecule has 0 spiro atoms. The topological polar surface area (TPSA) is 105 Å². The molecule has 3 N–H and O–H groups in total. The lowest BCUT2D eigenvalue weighted by atomic mass is 9.97. The van der Waals surface area contributed by atoms with Gasteiger partial charge in [0.2, 0.25) is 5.91 Å². The number of nitrogens with one attached hydrogen (secondary N) is 1. The van der Waals surface area contributed by atoms with Gasteiger partial charge in [-0.25, -0.2) is 4.98 Å². The van der Waals surface area contributed by atoms with E-state index in [-0.39, 0.29) is 17.7 Å².